The van der Waals surface area contributed by atoms with Crippen LogP contribution in [0, 0.1) is 5.92 Å². The van der Waals surface area contributed by atoms with Gasteiger partial charge in [-0.25, -0.2) is 4.98 Å². The van der Waals surface area contributed by atoms with Gasteiger partial charge in [0.2, 0.25) is 0 Å². The van der Waals surface area contributed by atoms with Gasteiger partial charge in [-0.2, -0.15) is 0 Å². The number of aromatic nitrogens is 1. The number of likely N-dealkylation sites (tertiary alicyclic amines) is 1. The van der Waals surface area contributed by atoms with Gasteiger partial charge in [0.25, 0.3) is 0 Å². The molecule has 0 aromatic carbocycles. The van der Waals surface area contributed by atoms with E-state index in [-0.39, 0.29) is 0 Å². The van der Waals surface area contributed by atoms with Gasteiger partial charge in [0.15, 0.2) is 0 Å². The molecule has 1 aromatic rings. The molecule has 0 atom stereocenters. The molecule has 3 nitrogen and oxygen atoms in total. The Labute approximate surface area is 120 Å². The second kappa shape index (κ2) is 6.21. The van der Waals surface area contributed by atoms with E-state index in [1.807, 2.05) is 6.07 Å². The van der Waals surface area contributed by atoms with Gasteiger partial charge in [0, 0.05) is 18.8 Å². The molecule has 2 heterocycles. The molecule has 0 amide bonds. The van der Waals surface area contributed by atoms with Crippen molar-refractivity contribution in [3.05, 3.63) is 29.0 Å². The summed E-state index contributed by atoms with van der Waals surface area (Å²) in [7, 11) is 0. The summed E-state index contributed by atoms with van der Waals surface area (Å²) in [6.45, 7) is 4.60. The first-order valence-electron chi connectivity index (χ1n) is 7.36. The van der Waals surface area contributed by atoms with Gasteiger partial charge in [-0.15, -0.1) is 0 Å². The number of piperidine rings is 1. The maximum atomic E-state index is 5.92. The number of pyridine rings is 1. The molecule has 0 spiro atoms. The van der Waals surface area contributed by atoms with E-state index in [0.29, 0.717) is 5.15 Å². The Morgan fingerprint density at radius 3 is 2.74 bits per heavy atom. The van der Waals surface area contributed by atoms with Crippen LogP contribution in [0.2, 0.25) is 5.15 Å². The van der Waals surface area contributed by atoms with Crippen molar-refractivity contribution in [2.45, 2.75) is 38.3 Å². The zero-order valence-electron chi connectivity index (χ0n) is 11.3. The third-order valence-corrected chi connectivity index (χ3v) is 4.38. The van der Waals surface area contributed by atoms with E-state index >= 15 is 0 Å². The molecule has 1 N–H and O–H groups in total. The molecule has 0 bridgehead atoms. The predicted molar refractivity (Wildman–Crippen MR) is 78.3 cm³/mol. The number of hydrogen-bond acceptors (Lipinski definition) is 3. The summed E-state index contributed by atoms with van der Waals surface area (Å²) in [6, 6.07) is 4.76. The van der Waals surface area contributed by atoms with Crippen LogP contribution >= 0.6 is 11.6 Å². The van der Waals surface area contributed by atoms with Crippen molar-refractivity contribution < 1.29 is 0 Å². The van der Waals surface area contributed by atoms with Gasteiger partial charge in [0.05, 0.1) is 0 Å². The van der Waals surface area contributed by atoms with E-state index in [1.165, 1.54) is 50.9 Å². The van der Waals surface area contributed by atoms with Crippen LogP contribution in [0.4, 0.5) is 0 Å². The molecule has 1 aliphatic carbocycles. The Morgan fingerprint density at radius 1 is 1.26 bits per heavy atom. The Kier molecular flexibility index (Phi) is 4.36. The van der Waals surface area contributed by atoms with Crippen molar-refractivity contribution in [1.82, 2.24) is 15.2 Å². The highest BCUT2D eigenvalue weighted by Gasteiger charge is 2.24. The highest BCUT2D eigenvalue weighted by Crippen LogP contribution is 2.28. The zero-order chi connectivity index (χ0) is 13.1. The monoisotopic (exact) mass is 279 g/mol. The SMILES string of the molecule is Clc1cc(CN2CCC(NCC3CC3)CC2)ccn1. The molecular weight excluding hydrogens is 258 g/mol. The number of halogens is 1. The summed E-state index contributed by atoms with van der Waals surface area (Å²) in [5.41, 5.74) is 1.27. The third-order valence-electron chi connectivity index (χ3n) is 4.18. The van der Waals surface area contributed by atoms with E-state index in [9.17, 15) is 0 Å². The van der Waals surface area contributed by atoms with Crippen molar-refractivity contribution in [2.24, 2.45) is 5.92 Å². The van der Waals surface area contributed by atoms with Crippen LogP contribution in [0.1, 0.15) is 31.2 Å². The second-order valence-corrected chi connectivity index (χ2v) is 6.28. The van der Waals surface area contributed by atoms with Gasteiger partial charge in [-0.05, 0) is 68.9 Å². The van der Waals surface area contributed by atoms with Crippen LogP contribution in [0.15, 0.2) is 18.3 Å². The fourth-order valence-corrected chi connectivity index (χ4v) is 2.95. The normalized spacial score (nSPS) is 21.7. The smallest absolute Gasteiger partial charge is 0.129 e. The van der Waals surface area contributed by atoms with Gasteiger partial charge in [0.1, 0.15) is 5.15 Å². The number of hydrogen-bond donors (Lipinski definition) is 1. The molecule has 1 aliphatic heterocycles. The zero-order valence-corrected chi connectivity index (χ0v) is 12.1. The van der Waals surface area contributed by atoms with Crippen LogP contribution in [0.25, 0.3) is 0 Å². The van der Waals surface area contributed by atoms with Crippen molar-refractivity contribution in [3.63, 3.8) is 0 Å². The van der Waals surface area contributed by atoms with E-state index in [4.69, 9.17) is 11.6 Å². The van der Waals surface area contributed by atoms with Gasteiger partial charge in [-0.3, -0.25) is 4.90 Å². The molecule has 2 fully saturated rings. The summed E-state index contributed by atoms with van der Waals surface area (Å²) in [6.07, 6.45) is 7.21. The van der Waals surface area contributed by atoms with E-state index in [1.54, 1.807) is 6.20 Å². The fraction of sp³-hybridized carbons (Fsp3) is 0.667. The lowest BCUT2D eigenvalue weighted by Gasteiger charge is -2.32. The number of rotatable bonds is 5. The first-order chi connectivity index (χ1) is 9.29. The summed E-state index contributed by atoms with van der Waals surface area (Å²) < 4.78 is 0. The molecule has 0 radical (unpaired) electrons. The van der Waals surface area contributed by atoms with Gasteiger partial charge >= 0.3 is 0 Å². The third kappa shape index (κ3) is 4.16. The maximum absolute atomic E-state index is 5.92. The summed E-state index contributed by atoms with van der Waals surface area (Å²) in [5, 5.41) is 4.32. The Bertz CT molecular complexity index is 412. The van der Waals surface area contributed by atoms with E-state index in [0.717, 1.165) is 18.5 Å². The van der Waals surface area contributed by atoms with Crippen LogP contribution in [-0.4, -0.2) is 35.6 Å². The first-order valence-corrected chi connectivity index (χ1v) is 7.73. The number of nitrogens with one attached hydrogen (secondary N) is 1. The Morgan fingerprint density at radius 2 is 2.05 bits per heavy atom. The quantitative estimate of drug-likeness (QED) is 0.840. The van der Waals surface area contributed by atoms with Crippen LogP contribution in [-0.2, 0) is 6.54 Å². The van der Waals surface area contributed by atoms with Crippen LogP contribution in [0.3, 0.4) is 0 Å². The van der Waals surface area contributed by atoms with E-state index < -0.39 is 0 Å². The molecule has 104 valence electrons. The minimum absolute atomic E-state index is 0.596. The molecule has 1 aromatic heterocycles. The predicted octanol–water partition coefficient (Wildman–Crippen LogP) is 2.70. The molecule has 1 saturated heterocycles. The lowest BCUT2D eigenvalue weighted by Crippen LogP contribution is -2.42. The largest absolute Gasteiger partial charge is 0.314 e. The summed E-state index contributed by atoms with van der Waals surface area (Å²) in [5.74, 6) is 0.983. The highest BCUT2D eigenvalue weighted by molar-refractivity contribution is 6.29. The van der Waals surface area contributed by atoms with Crippen molar-refractivity contribution in [3.8, 4) is 0 Å². The summed E-state index contributed by atoms with van der Waals surface area (Å²) >= 11 is 5.92. The molecular formula is C15H22ClN3. The van der Waals surface area contributed by atoms with Crippen LogP contribution in [0.5, 0.6) is 0 Å². The summed E-state index contributed by atoms with van der Waals surface area (Å²) in [4.78, 5) is 6.54. The number of nitrogens with zero attached hydrogens (tertiary/aromatic N) is 2. The second-order valence-electron chi connectivity index (χ2n) is 5.89. The van der Waals surface area contributed by atoms with Crippen LogP contribution < -0.4 is 5.32 Å². The molecule has 19 heavy (non-hydrogen) atoms. The molecule has 1 saturated carbocycles. The Hall–Kier alpha value is -0.640. The minimum atomic E-state index is 0.596. The average Bonchev–Trinajstić information content (AvgIpc) is 3.22. The molecule has 3 rings (SSSR count). The van der Waals surface area contributed by atoms with Gasteiger partial charge in [-0.1, -0.05) is 11.6 Å². The maximum Gasteiger partial charge on any atom is 0.129 e. The lowest BCUT2D eigenvalue weighted by molar-refractivity contribution is 0.190. The molecule has 2 aliphatic rings. The molecule has 0 unspecified atom stereocenters. The standard InChI is InChI=1S/C15H22ClN3/c16-15-9-13(3-6-17-15)11-19-7-4-14(5-8-19)18-10-12-1-2-12/h3,6,9,12,14,18H,1-2,4-5,7-8,10-11H2. The molecule has 4 heteroatoms. The Balaban J connectivity index is 1.42. The van der Waals surface area contributed by atoms with E-state index in [2.05, 4.69) is 21.3 Å². The van der Waals surface area contributed by atoms with Gasteiger partial charge < -0.3 is 5.32 Å². The topological polar surface area (TPSA) is 28.2 Å². The average molecular weight is 280 g/mol. The minimum Gasteiger partial charge on any atom is -0.314 e. The fourth-order valence-electron chi connectivity index (χ4n) is 2.75. The lowest BCUT2D eigenvalue weighted by atomic mass is 10.0. The van der Waals surface area contributed by atoms with Crippen molar-refractivity contribution in [1.29, 1.82) is 0 Å². The first kappa shape index (κ1) is 13.3. The van der Waals surface area contributed by atoms with Crippen molar-refractivity contribution >= 4 is 11.6 Å². The highest BCUT2D eigenvalue weighted by atomic mass is 35.5. The van der Waals surface area contributed by atoms with Crippen molar-refractivity contribution in [2.75, 3.05) is 19.6 Å².